The van der Waals surface area contributed by atoms with Crippen LogP contribution >= 0.6 is 0 Å². The highest BCUT2D eigenvalue weighted by Gasteiger charge is 2.40. The zero-order valence-corrected chi connectivity index (χ0v) is 12.5. The second kappa shape index (κ2) is 6.11. The third-order valence-electron chi connectivity index (χ3n) is 3.93. The summed E-state index contributed by atoms with van der Waals surface area (Å²) in [5.41, 5.74) is 0. The van der Waals surface area contributed by atoms with Crippen LogP contribution < -0.4 is 0 Å². The third kappa shape index (κ3) is 3.24. The molecule has 1 fully saturated rings. The average Bonchev–Trinajstić information content (AvgIpc) is 2.46. The van der Waals surface area contributed by atoms with Gasteiger partial charge in [-0.25, -0.2) is 12.8 Å². The number of carboxylic acid groups (broad SMARTS) is 1. The van der Waals surface area contributed by atoms with Gasteiger partial charge in [0.15, 0.2) is 0 Å². The lowest BCUT2D eigenvalue weighted by Crippen LogP contribution is -2.49. The van der Waals surface area contributed by atoms with Crippen LogP contribution in [0.3, 0.4) is 0 Å². The van der Waals surface area contributed by atoms with Crippen LogP contribution in [0.2, 0.25) is 0 Å². The van der Waals surface area contributed by atoms with E-state index < -0.39 is 27.9 Å². The van der Waals surface area contributed by atoms with Gasteiger partial charge in [-0.15, -0.1) is 0 Å². The van der Waals surface area contributed by atoms with Gasteiger partial charge in [-0.05, 0) is 37.0 Å². The van der Waals surface area contributed by atoms with Crippen molar-refractivity contribution in [2.75, 3.05) is 6.54 Å². The molecule has 0 amide bonds. The second-order valence-electron chi connectivity index (χ2n) is 5.23. The zero-order chi connectivity index (χ0) is 15.6. The standard InChI is InChI=1S/C14H18FNO4S/c1-2-10-6-7-16(13(8-10)14(17)18)21(19,20)12-5-3-4-11(15)9-12/h3-5,9-10,13H,2,6-8H2,1H3,(H,17,18). The smallest absolute Gasteiger partial charge is 0.322 e. The van der Waals surface area contributed by atoms with Crippen LogP contribution in [-0.2, 0) is 14.8 Å². The van der Waals surface area contributed by atoms with Crippen molar-refractivity contribution >= 4 is 16.0 Å². The number of hydrogen-bond acceptors (Lipinski definition) is 3. The molecule has 0 spiro atoms. The van der Waals surface area contributed by atoms with Crippen LogP contribution in [0.1, 0.15) is 26.2 Å². The van der Waals surface area contributed by atoms with Crippen LogP contribution in [0.4, 0.5) is 4.39 Å². The van der Waals surface area contributed by atoms with Gasteiger partial charge in [-0.3, -0.25) is 4.79 Å². The maximum absolute atomic E-state index is 13.2. The van der Waals surface area contributed by atoms with E-state index in [1.807, 2.05) is 6.92 Å². The normalized spacial score (nSPS) is 23.9. The van der Waals surface area contributed by atoms with E-state index in [9.17, 15) is 22.7 Å². The summed E-state index contributed by atoms with van der Waals surface area (Å²) < 4.78 is 39.3. The summed E-state index contributed by atoms with van der Waals surface area (Å²) in [6, 6.07) is 3.56. The predicted octanol–water partition coefficient (Wildman–Crippen LogP) is 2.09. The molecule has 1 aliphatic rings. The molecule has 0 saturated carbocycles. The van der Waals surface area contributed by atoms with Crippen molar-refractivity contribution < 1.29 is 22.7 Å². The molecule has 7 heteroatoms. The van der Waals surface area contributed by atoms with E-state index in [1.165, 1.54) is 12.1 Å². The van der Waals surface area contributed by atoms with Gasteiger partial charge < -0.3 is 5.11 Å². The van der Waals surface area contributed by atoms with Crippen LogP contribution in [0.15, 0.2) is 29.2 Å². The number of piperidine rings is 1. The van der Waals surface area contributed by atoms with E-state index in [1.54, 1.807) is 0 Å². The molecule has 2 unspecified atom stereocenters. The zero-order valence-electron chi connectivity index (χ0n) is 11.7. The van der Waals surface area contributed by atoms with Crippen LogP contribution in [0.25, 0.3) is 0 Å². The van der Waals surface area contributed by atoms with Gasteiger partial charge in [0.1, 0.15) is 11.9 Å². The lowest BCUT2D eigenvalue weighted by atomic mass is 9.90. The summed E-state index contributed by atoms with van der Waals surface area (Å²) in [7, 11) is -4.00. The lowest BCUT2D eigenvalue weighted by molar-refractivity contribution is -0.143. The van der Waals surface area contributed by atoms with Crippen molar-refractivity contribution in [2.24, 2.45) is 5.92 Å². The highest BCUT2D eigenvalue weighted by atomic mass is 32.2. The molecule has 1 aromatic carbocycles. The minimum atomic E-state index is -4.00. The topological polar surface area (TPSA) is 74.7 Å². The summed E-state index contributed by atoms with van der Waals surface area (Å²) in [6.07, 6.45) is 1.73. The number of halogens is 1. The van der Waals surface area contributed by atoms with Gasteiger partial charge >= 0.3 is 5.97 Å². The summed E-state index contributed by atoms with van der Waals surface area (Å²) >= 11 is 0. The van der Waals surface area contributed by atoms with Crippen LogP contribution in [-0.4, -0.2) is 36.4 Å². The Morgan fingerprint density at radius 2 is 2.19 bits per heavy atom. The monoisotopic (exact) mass is 315 g/mol. The van der Waals surface area contributed by atoms with E-state index in [0.717, 1.165) is 22.9 Å². The largest absolute Gasteiger partial charge is 0.480 e. The Labute approximate surface area is 123 Å². The first-order valence-electron chi connectivity index (χ1n) is 6.86. The molecule has 0 aromatic heterocycles. The summed E-state index contributed by atoms with van der Waals surface area (Å²) in [4.78, 5) is 11.2. The minimum absolute atomic E-state index is 0.147. The number of nitrogens with zero attached hydrogens (tertiary/aromatic N) is 1. The summed E-state index contributed by atoms with van der Waals surface area (Å²) in [5.74, 6) is -1.62. The van der Waals surface area contributed by atoms with Gasteiger partial charge in [-0.2, -0.15) is 4.31 Å². The van der Waals surface area contributed by atoms with Crippen molar-refractivity contribution in [1.82, 2.24) is 4.31 Å². The quantitative estimate of drug-likeness (QED) is 0.923. The predicted molar refractivity (Wildman–Crippen MR) is 74.7 cm³/mol. The molecule has 1 N–H and O–H groups in total. The van der Waals surface area contributed by atoms with E-state index in [2.05, 4.69) is 0 Å². The van der Waals surface area contributed by atoms with E-state index in [4.69, 9.17) is 0 Å². The molecule has 21 heavy (non-hydrogen) atoms. The molecule has 2 rings (SSSR count). The van der Waals surface area contributed by atoms with Crippen molar-refractivity contribution in [1.29, 1.82) is 0 Å². The number of hydrogen-bond donors (Lipinski definition) is 1. The molecule has 1 aromatic rings. The fraction of sp³-hybridized carbons (Fsp3) is 0.500. The fourth-order valence-corrected chi connectivity index (χ4v) is 4.30. The lowest BCUT2D eigenvalue weighted by Gasteiger charge is -2.35. The van der Waals surface area contributed by atoms with E-state index in [-0.39, 0.29) is 17.4 Å². The highest BCUT2D eigenvalue weighted by molar-refractivity contribution is 7.89. The Bertz CT molecular complexity index is 632. The maximum atomic E-state index is 13.2. The van der Waals surface area contributed by atoms with Gasteiger partial charge in [-0.1, -0.05) is 19.4 Å². The van der Waals surface area contributed by atoms with Crippen molar-refractivity contribution in [3.8, 4) is 0 Å². The molecule has 0 bridgehead atoms. The minimum Gasteiger partial charge on any atom is -0.480 e. The van der Waals surface area contributed by atoms with Gasteiger partial charge in [0.25, 0.3) is 0 Å². The Kier molecular flexibility index (Phi) is 4.63. The first-order chi connectivity index (χ1) is 9.86. The SMILES string of the molecule is CCC1CCN(S(=O)(=O)c2cccc(F)c2)C(C(=O)O)C1. The molecule has 0 aliphatic carbocycles. The first kappa shape index (κ1) is 15.9. The molecular weight excluding hydrogens is 297 g/mol. The van der Waals surface area contributed by atoms with Crippen LogP contribution in [0.5, 0.6) is 0 Å². The Balaban J connectivity index is 2.36. The fourth-order valence-electron chi connectivity index (χ4n) is 2.66. The molecule has 1 aliphatic heterocycles. The Morgan fingerprint density at radius 3 is 2.76 bits per heavy atom. The van der Waals surface area contributed by atoms with Gasteiger partial charge in [0.2, 0.25) is 10.0 Å². The molecule has 1 heterocycles. The number of sulfonamides is 1. The molecule has 2 atom stereocenters. The Hall–Kier alpha value is -1.47. The van der Waals surface area contributed by atoms with Gasteiger partial charge in [0.05, 0.1) is 4.90 Å². The molecule has 116 valence electrons. The highest BCUT2D eigenvalue weighted by Crippen LogP contribution is 2.30. The summed E-state index contributed by atoms with van der Waals surface area (Å²) in [6.45, 7) is 2.11. The van der Waals surface area contributed by atoms with E-state index in [0.29, 0.717) is 12.8 Å². The number of carboxylic acids is 1. The van der Waals surface area contributed by atoms with Crippen molar-refractivity contribution in [2.45, 2.75) is 37.1 Å². The molecule has 0 radical (unpaired) electrons. The Morgan fingerprint density at radius 1 is 1.48 bits per heavy atom. The number of aliphatic carboxylic acids is 1. The second-order valence-corrected chi connectivity index (χ2v) is 7.12. The van der Waals surface area contributed by atoms with Crippen molar-refractivity contribution in [3.63, 3.8) is 0 Å². The number of rotatable bonds is 4. The number of carbonyl (C=O) groups is 1. The maximum Gasteiger partial charge on any atom is 0.322 e. The average molecular weight is 315 g/mol. The van der Waals surface area contributed by atoms with E-state index >= 15 is 0 Å². The molecule has 5 nitrogen and oxygen atoms in total. The van der Waals surface area contributed by atoms with Crippen molar-refractivity contribution in [3.05, 3.63) is 30.1 Å². The first-order valence-corrected chi connectivity index (χ1v) is 8.30. The molecule has 1 saturated heterocycles. The molecular formula is C14H18FNO4S. The number of benzene rings is 1. The van der Waals surface area contributed by atoms with Crippen LogP contribution in [0, 0.1) is 11.7 Å². The summed E-state index contributed by atoms with van der Waals surface area (Å²) in [5, 5.41) is 9.31. The third-order valence-corrected chi connectivity index (χ3v) is 5.83. The van der Waals surface area contributed by atoms with Gasteiger partial charge in [0, 0.05) is 6.54 Å².